The molecule has 20 heteroatoms. The van der Waals surface area contributed by atoms with Crippen molar-refractivity contribution in [1.29, 1.82) is 0 Å². The van der Waals surface area contributed by atoms with Crippen LogP contribution in [0, 0.1) is 0 Å². The molecule has 4 rings (SSSR count). The van der Waals surface area contributed by atoms with Gasteiger partial charge in [0, 0.05) is 31.0 Å². The number of pyridine rings is 1. The molecular weight excluding hydrogens is 771 g/mol. The number of carbonyl (C=O) groups is 3. The van der Waals surface area contributed by atoms with Crippen molar-refractivity contribution in [2.24, 2.45) is 12.1 Å². The minimum atomic E-state index is -4.30. The second kappa shape index (κ2) is 22.2. The molecule has 18 nitrogen and oxygen atoms in total. The van der Waals surface area contributed by atoms with Crippen molar-refractivity contribution in [3.8, 4) is 0 Å². The highest BCUT2D eigenvalue weighted by atomic mass is 32.2. The number of amides is 2. The molecule has 0 unspecified atom stereocenters. The number of hydrogen-bond acceptors (Lipinski definition) is 13. The number of fused-ring (bicyclic) bond motifs is 1. The summed E-state index contributed by atoms with van der Waals surface area (Å²) in [5, 5.41) is 7.33. The van der Waals surface area contributed by atoms with Crippen LogP contribution in [-0.2, 0) is 48.1 Å². The molecule has 0 fully saturated rings. The molecular formula is C36H47N7O11S2. The number of benzene rings is 2. The van der Waals surface area contributed by atoms with Gasteiger partial charge in [-0.05, 0) is 61.4 Å². The lowest BCUT2D eigenvalue weighted by atomic mass is 10.1. The summed E-state index contributed by atoms with van der Waals surface area (Å²) in [6.45, 7) is 5.13. The van der Waals surface area contributed by atoms with E-state index < -0.39 is 37.8 Å². The number of anilines is 2. The Kier molecular flexibility index (Phi) is 17.8. The molecule has 0 saturated carbocycles. The summed E-state index contributed by atoms with van der Waals surface area (Å²) in [4.78, 5) is 48.0. The number of rotatable bonds is 19. The van der Waals surface area contributed by atoms with E-state index in [1.54, 1.807) is 49.7 Å². The highest BCUT2D eigenvalue weighted by Crippen LogP contribution is 2.21. The first-order valence-corrected chi connectivity index (χ1v) is 20.9. The largest absolute Gasteiger partial charge is 0.466 e. The third kappa shape index (κ3) is 16.1. The third-order valence-electron chi connectivity index (χ3n) is 7.80. The van der Waals surface area contributed by atoms with Crippen molar-refractivity contribution in [2.75, 3.05) is 41.5 Å². The number of nitrogens with one attached hydrogen (secondary N) is 2. The fourth-order valence-corrected chi connectivity index (χ4v) is 6.62. The van der Waals surface area contributed by atoms with E-state index in [0.29, 0.717) is 30.0 Å². The number of hydrogen-bond donors (Lipinski definition) is 4. The predicted molar refractivity (Wildman–Crippen MR) is 211 cm³/mol. The molecule has 0 spiro atoms. The lowest BCUT2D eigenvalue weighted by Crippen LogP contribution is -2.34. The first-order valence-electron chi connectivity index (χ1n) is 17.6. The number of aromatic nitrogens is 3. The Hall–Kier alpha value is -5.44. The third-order valence-corrected chi connectivity index (χ3v) is 9.50. The number of aryl methyl sites for hydroxylation is 1. The minimum Gasteiger partial charge on any atom is -0.466 e. The second-order valence-corrected chi connectivity index (χ2v) is 15.2. The van der Waals surface area contributed by atoms with Gasteiger partial charge in [-0.25, -0.2) is 20.2 Å². The molecule has 0 aliphatic heterocycles. The van der Waals surface area contributed by atoms with Crippen LogP contribution in [0.1, 0.15) is 67.7 Å². The second-order valence-electron chi connectivity index (χ2n) is 12.1. The lowest BCUT2D eigenvalue weighted by Gasteiger charge is -2.21. The first kappa shape index (κ1) is 45.0. The summed E-state index contributed by atoms with van der Waals surface area (Å²) in [6.07, 6.45) is 6.79. The van der Waals surface area contributed by atoms with Crippen molar-refractivity contribution in [3.63, 3.8) is 0 Å². The van der Waals surface area contributed by atoms with Crippen LogP contribution in [-0.4, -0.2) is 95.9 Å². The van der Waals surface area contributed by atoms with Crippen LogP contribution < -0.4 is 15.6 Å². The van der Waals surface area contributed by atoms with E-state index in [-0.39, 0.29) is 31.4 Å². The van der Waals surface area contributed by atoms with Gasteiger partial charge < -0.3 is 19.4 Å². The van der Waals surface area contributed by atoms with Crippen LogP contribution in [0.25, 0.3) is 11.0 Å². The fraction of sp³-hybridized carbons (Fsp3) is 0.389. The standard InChI is InChI=1S/C34H41N7O5.C2H6O6S2/c1-4-6-7-10-21-46-34(44)39-37-23-25-12-15-27(16-13-25)36-24-31-38-28-22-26(14-17-29(28)40(31)3)33(43)41(20-18-32(42)45-5-2)30-11-8-9-19-35-30;3-9(4,5)1-2-10(6,7)8/h8-9,11-17,19,22-23,36H,4-7,10,18,20-21,24H2,1-3H3,(H,39,44);1-2H2,(H,3,4,5)(H,6,7,8)/b37-23+;. The summed E-state index contributed by atoms with van der Waals surface area (Å²) in [5.41, 5.74) is 6.07. The molecule has 0 aliphatic rings. The van der Waals surface area contributed by atoms with Gasteiger partial charge in [-0.1, -0.05) is 44.4 Å². The Morgan fingerprint density at radius 3 is 2.27 bits per heavy atom. The van der Waals surface area contributed by atoms with Crippen molar-refractivity contribution >= 4 is 67.0 Å². The van der Waals surface area contributed by atoms with E-state index in [1.807, 2.05) is 41.9 Å². The molecule has 0 atom stereocenters. The number of ether oxygens (including phenoxy) is 2. The van der Waals surface area contributed by atoms with Gasteiger partial charge in [0.1, 0.15) is 11.6 Å². The van der Waals surface area contributed by atoms with Gasteiger partial charge in [-0.3, -0.25) is 23.6 Å². The van der Waals surface area contributed by atoms with Gasteiger partial charge in [0.25, 0.3) is 26.1 Å². The molecule has 0 aliphatic carbocycles. The Labute approximate surface area is 325 Å². The maximum atomic E-state index is 13.6. The fourth-order valence-electron chi connectivity index (χ4n) is 4.93. The van der Waals surface area contributed by atoms with E-state index >= 15 is 0 Å². The zero-order valence-corrected chi connectivity index (χ0v) is 33.0. The van der Waals surface area contributed by atoms with Gasteiger partial charge >= 0.3 is 12.1 Å². The maximum absolute atomic E-state index is 13.6. The van der Waals surface area contributed by atoms with Crippen LogP contribution in [0.4, 0.5) is 16.3 Å². The van der Waals surface area contributed by atoms with E-state index in [0.717, 1.165) is 48.3 Å². The molecule has 2 aromatic carbocycles. The van der Waals surface area contributed by atoms with Crippen LogP contribution in [0.2, 0.25) is 0 Å². The highest BCUT2D eigenvalue weighted by molar-refractivity contribution is 7.89. The molecule has 0 saturated heterocycles. The molecule has 56 heavy (non-hydrogen) atoms. The van der Waals surface area contributed by atoms with Gasteiger partial charge in [0.15, 0.2) is 0 Å². The maximum Gasteiger partial charge on any atom is 0.427 e. The average Bonchev–Trinajstić information content (AvgIpc) is 3.48. The van der Waals surface area contributed by atoms with E-state index in [9.17, 15) is 31.2 Å². The molecule has 4 N–H and O–H groups in total. The van der Waals surface area contributed by atoms with Crippen LogP contribution in [0.15, 0.2) is 72.0 Å². The lowest BCUT2D eigenvalue weighted by molar-refractivity contribution is -0.142. The molecule has 4 aromatic rings. The summed E-state index contributed by atoms with van der Waals surface area (Å²) in [5.74, 6) is -1.39. The smallest absolute Gasteiger partial charge is 0.427 e. The number of nitrogens with zero attached hydrogens (tertiary/aromatic N) is 5. The molecule has 2 heterocycles. The number of imidazole rings is 1. The highest BCUT2D eigenvalue weighted by Gasteiger charge is 2.21. The van der Waals surface area contributed by atoms with E-state index in [4.69, 9.17) is 23.6 Å². The van der Waals surface area contributed by atoms with Crippen LogP contribution in [0.3, 0.4) is 0 Å². The Balaban J connectivity index is 0.000000739. The van der Waals surface area contributed by atoms with Crippen molar-refractivity contribution < 1.29 is 49.8 Å². The topological polar surface area (TPSA) is 249 Å². The van der Waals surface area contributed by atoms with Crippen molar-refractivity contribution in [3.05, 3.63) is 83.8 Å². The Morgan fingerprint density at radius 1 is 0.929 bits per heavy atom. The number of esters is 1. The number of hydrazone groups is 1. The van der Waals surface area contributed by atoms with E-state index in [1.165, 1.54) is 4.90 Å². The predicted octanol–water partition coefficient (Wildman–Crippen LogP) is 4.58. The van der Waals surface area contributed by atoms with Gasteiger partial charge in [0.2, 0.25) is 0 Å². The SMILES string of the molecule is CCCCCCOC(=O)N/N=C/c1ccc(NCc2nc3cc(C(=O)N(CCC(=O)OCC)c4ccccn4)ccc3n2C)cc1.O=S(=O)(O)CCS(=O)(=O)O. The van der Waals surface area contributed by atoms with Crippen LogP contribution >= 0.6 is 0 Å². The van der Waals surface area contributed by atoms with Gasteiger partial charge in [-0.2, -0.15) is 21.9 Å². The molecule has 0 radical (unpaired) electrons. The van der Waals surface area contributed by atoms with Gasteiger partial charge in [0.05, 0.1) is 54.9 Å². The number of carbonyl (C=O) groups excluding carboxylic acids is 3. The summed E-state index contributed by atoms with van der Waals surface area (Å²) >= 11 is 0. The summed E-state index contributed by atoms with van der Waals surface area (Å²) in [6, 6.07) is 18.3. The van der Waals surface area contributed by atoms with Crippen molar-refractivity contribution in [1.82, 2.24) is 20.0 Å². The minimum absolute atomic E-state index is 0.0519. The zero-order chi connectivity index (χ0) is 41.1. The van der Waals surface area contributed by atoms with Crippen LogP contribution in [0.5, 0.6) is 0 Å². The Morgan fingerprint density at radius 2 is 1.64 bits per heavy atom. The van der Waals surface area contributed by atoms with Crippen molar-refractivity contribution in [2.45, 2.75) is 52.5 Å². The monoisotopic (exact) mass is 817 g/mol. The normalized spacial score (nSPS) is 11.4. The quantitative estimate of drug-likeness (QED) is 0.0333. The number of unbranched alkanes of at least 4 members (excludes halogenated alkanes) is 3. The van der Waals surface area contributed by atoms with Gasteiger partial charge in [-0.15, -0.1) is 0 Å². The summed E-state index contributed by atoms with van der Waals surface area (Å²) < 4.78 is 67.5. The Bertz CT molecular complexity index is 2110. The summed E-state index contributed by atoms with van der Waals surface area (Å²) in [7, 11) is -6.67. The molecule has 0 bridgehead atoms. The molecule has 2 amide bonds. The average molecular weight is 818 g/mol. The molecule has 2 aromatic heterocycles. The van der Waals surface area contributed by atoms with E-state index in [2.05, 4.69) is 27.8 Å². The first-order chi connectivity index (χ1) is 26.6. The molecule has 304 valence electrons. The zero-order valence-electron chi connectivity index (χ0n) is 31.3.